The summed E-state index contributed by atoms with van der Waals surface area (Å²) in [5.41, 5.74) is 1.67. The zero-order valence-electron chi connectivity index (χ0n) is 10.6. The molecule has 19 heavy (non-hydrogen) atoms. The lowest BCUT2D eigenvalue weighted by atomic mass is 10.0. The number of hydrogen-bond donors (Lipinski definition) is 0. The minimum Gasteiger partial charge on any atom is -0.465 e. The normalized spacial score (nSPS) is 21.9. The summed E-state index contributed by atoms with van der Waals surface area (Å²) in [5.74, 6) is -0.325. The number of esters is 1. The Morgan fingerprint density at radius 1 is 1.37 bits per heavy atom. The number of hydrogen-bond acceptors (Lipinski definition) is 3. The topological polar surface area (TPSA) is 35.5 Å². The van der Waals surface area contributed by atoms with Crippen molar-refractivity contribution in [3.8, 4) is 0 Å². The molecule has 0 bridgehead atoms. The summed E-state index contributed by atoms with van der Waals surface area (Å²) in [6.07, 6.45) is 5.95. The van der Waals surface area contributed by atoms with Crippen LogP contribution in [0.25, 0.3) is 0 Å². The number of alkyl halides is 1. The standard InChI is InChI=1S/C15H15BrO3/c1-18-14(17)13-7-9-15(16,10-8-13)19-11-12-5-3-2-4-6-12/h2-9H,10-11H2,1H3. The van der Waals surface area contributed by atoms with Gasteiger partial charge in [-0.1, -0.05) is 36.4 Å². The van der Waals surface area contributed by atoms with E-state index in [9.17, 15) is 4.79 Å². The van der Waals surface area contributed by atoms with Gasteiger partial charge >= 0.3 is 5.97 Å². The maximum Gasteiger partial charge on any atom is 0.337 e. The summed E-state index contributed by atoms with van der Waals surface area (Å²) in [7, 11) is 1.37. The maximum atomic E-state index is 11.4. The van der Waals surface area contributed by atoms with Gasteiger partial charge < -0.3 is 9.47 Å². The molecular formula is C15H15BrO3. The number of rotatable bonds is 4. The van der Waals surface area contributed by atoms with Crippen molar-refractivity contribution < 1.29 is 14.3 Å². The minimum atomic E-state index is -0.555. The van der Waals surface area contributed by atoms with Crippen LogP contribution in [0.1, 0.15) is 12.0 Å². The Labute approximate surface area is 121 Å². The van der Waals surface area contributed by atoms with Crippen LogP contribution in [0.5, 0.6) is 0 Å². The van der Waals surface area contributed by atoms with Gasteiger partial charge in [-0.3, -0.25) is 0 Å². The lowest BCUT2D eigenvalue weighted by Gasteiger charge is -2.26. The molecule has 0 N–H and O–H groups in total. The van der Waals surface area contributed by atoms with Crippen molar-refractivity contribution in [2.75, 3.05) is 7.11 Å². The van der Waals surface area contributed by atoms with Crippen LogP contribution < -0.4 is 0 Å². The first-order valence-corrected chi connectivity index (χ1v) is 6.77. The zero-order valence-corrected chi connectivity index (χ0v) is 12.2. The first-order valence-electron chi connectivity index (χ1n) is 5.97. The SMILES string of the molecule is COC(=O)C1=CCC(Br)(OCc2ccccc2)C=C1. The van der Waals surface area contributed by atoms with E-state index in [-0.39, 0.29) is 5.97 Å². The van der Waals surface area contributed by atoms with Crippen LogP contribution in [0.4, 0.5) is 0 Å². The van der Waals surface area contributed by atoms with Crippen molar-refractivity contribution in [3.05, 3.63) is 59.7 Å². The summed E-state index contributed by atoms with van der Waals surface area (Å²) in [6.45, 7) is 0.512. The summed E-state index contributed by atoms with van der Waals surface area (Å²) in [4.78, 5) is 11.4. The molecular weight excluding hydrogens is 308 g/mol. The van der Waals surface area contributed by atoms with Crippen LogP contribution >= 0.6 is 15.9 Å². The molecule has 0 heterocycles. The molecule has 100 valence electrons. The van der Waals surface area contributed by atoms with Gasteiger partial charge in [0.2, 0.25) is 0 Å². The van der Waals surface area contributed by atoms with E-state index in [2.05, 4.69) is 20.7 Å². The highest BCUT2D eigenvalue weighted by Crippen LogP contribution is 2.32. The van der Waals surface area contributed by atoms with E-state index in [1.54, 1.807) is 6.08 Å². The maximum absolute atomic E-state index is 11.4. The van der Waals surface area contributed by atoms with Crippen LogP contribution in [0.3, 0.4) is 0 Å². The van der Waals surface area contributed by atoms with E-state index in [0.29, 0.717) is 18.6 Å². The van der Waals surface area contributed by atoms with Crippen LogP contribution in [0.15, 0.2) is 54.1 Å². The van der Waals surface area contributed by atoms with Crippen LogP contribution in [0, 0.1) is 0 Å². The van der Waals surface area contributed by atoms with Gasteiger partial charge in [0.1, 0.15) is 4.51 Å². The molecule has 0 spiro atoms. The molecule has 0 aliphatic heterocycles. The first-order chi connectivity index (χ1) is 9.13. The van der Waals surface area contributed by atoms with Crippen molar-refractivity contribution in [2.45, 2.75) is 17.5 Å². The molecule has 1 aliphatic carbocycles. The molecule has 1 aromatic carbocycles. The van der Waals surface area contributed by atoms with E-state index in [1.807, 2.05) is 42.5 Å². The smallest absolute Gasteiger partial charge is 0.337 e. The van der Waals surface area contributed by atoms with Crippen molar-refractivity contribution in [2.24, 2.45) is 0 Å². The highest BCUT2D eigenvalue weighted by molar-refractivity contribution is 9.10. The molecule has 1 unspecified atom stereocenters. The summed E-state index contributed by atoms with van der Waals surface area (Å²) in [6, 6.07) is 9.95. The largest absolute Gasteiger partial charge is 0.465 e. The van der Waals surface area contributed by atoms with Crippen molar-refractivity contribution in [1.29, 1.82) is 0 Å². The first kappa shape index (κ1) is 14.0. The quantitative estimate of drug-likeness (QED) is 0.630. The molecule has 0 saturated heterocycles. The molecule has 1 aliphatic rings. The van der Waals surface area contributed by atoms with Crippen molar-refractivity contribution >= 4 is 21.9 Å². The Hall–Kier alpha value is -1.39. The fourth-order valence-corrected chi connectivity index (χ4v) is 2.16. The fourth-order valence-electron chi connectivity index (χ4n) is 1.75. The number of carbonyl (C=O) groups is 1. The molecule has 0 amide bonds. The van der Waals surface area contributed by atoms with Crippen molar-refractivity contribution in [1.82, 2.24) is 0 Å². The van der Waals surface area contributed by atoms with Gasteiger partial charge in [-0.25, -0.2) is 4.79 Å². The molecule has 1 atom stereocenters. The summed E-state index contributed by atoms with van der Waals surface area (Å²) < 4.78 is 9.97. The number of benzene rings is 1. The number of ether oxygens (including phenoxy) is 2. The second-order valence-electron chi connectivity index (χ2n) is 4.25. The summed E-state index contributed by atoms with van der Waals surface area (Å²) >= 11 is 3.55. The van der Waals surface area contributed by atoms with Gasteiger partial charge in [-0.2, -0.15) is 0 Å². The Morgan fingerprint density at radius 3 is 2.68 bits per heavy atom. The Balaban J connectivity index is 1.94. The van der Waals surface area contributed by atoms with Crippen LogP contribution in [-0.2, 0) is 20.9 Å². The van der Waals surface area contributed by atoms with Gasteiger partial charge in [0.25, 0.3) is 0 Å². The predicted molar refractivity (Wildman–Crippen MR) is 76.7 cm³/mol. The van der Waals surface area contributed by atoms with Crippen molar-refractivity contribution in [3.63, 3.8) is 0 Å². The third-order valence-corrected chi connectivity index (χ3v) is 3.67. The lowest BCUT2D eigenvalue weighted by Crippen LogP contribution is -2.24. The molecule has 4 heteroatoms. The molecule has 1 aromatic rings. The Bertz CT molecular complexity index is 507. The predicted octanol–water partition coefficient (Wildman–Crippen LogP) is 3.35. The van der Waals surface area contributed by atoms with Gasteiger partial charge in [0.15, 0.2) is 0 Å². The van der Waals surface area contributed by atoms with E-state index >= 15 is 0 Å². The average Bonchev–Trinajstić information content (AvgIpc) is 2.46. The molecule has 0 aromatic heterocycles. The van der Waals surface area contributed by atoms with E-state index < -0.39 is 4.51 Å². The van der Waals surface area contributed by atoms with E-state index in [1.165, 1.54) is 7.11 Å². The average molecular weight is 323 g/mol. The molecule has 0 radical (unpaired) electrons. The van der Waals surface area contributed by atoms with E-state index in [0.717, 1.165) is 5.56 Å². The van der Waals surface area contributed by atoms with Gasteiger partial charge in [0, 0.05) is 6.42 Å². The third kappa shape index (κ3) is 3.78. The van der Waals surface area contributed by atoms with Crippen LogP contribution in [0.2, 0.25) is 0 Å². The zero-order chi connectivity index (χ0) is 13.7. The Morgan fingerprint density at radius 2 is 2.11 bits per heavy atom. The third-order valence-electron chi connectivity index (χ3n) is 2.85. The second-order valence-corrected chi connectivity index (χ2v) is 5.59. The second kappa shape index (κ2) is 6.17. The number of methoxy groups -OCH3 is 1. The lowest BCUT2D eigenvalue weighted by molar-refractivity contribution is -0.135. The molecule has 3 nitrogen and oxygen atoms in total. The number of carbonyl (C=O) groups excluding carboxylic acids is 1. The molecule has 0 fully saturated rings. The van der Waals surface area contributed by atoms with Gasteiger partial charge in [-0.15, -0.1) is 0 Å². The summed E-state index contributed by atoms with van der Waals surface area (Å²) in [5, 5.41) is 0. The fraction of sp³-hybridized carbons (Fsp3) is 0.267. The molecule has 2 rings (SSSR count). The molecule has 0 saturated carbocycles. The van der Waals surface area contributed by atoms with Crippen LogP contribution in [-0.4, -0.2) is 17.6 Å². The Kier molecular flexibility index (Phi) is 4.56. The van der Waals surface area contributed by atoms with Gasteiger partial charge in [-0.05, 0) is 33.6 Å². The van der Waals surface area contributed by atoms with Gasteiger partial charge in [0.05, 0.1) is 19.3 Å². The number of halogens is 1. The highest BCUT2D eigenvalue weighted by Gasteiger charge is 2.27. The highest BCUT2D eigenvalue weighted by atomic mass is 79.9. The minimum absolute atomic E-state index is 0.325. The van der Waals surface area contributed by atoms with E-state index in [4.69, 9.17) is 4.74 Å². The monoisotopic (exact) mass is 322 g/mol.